The van der Waals surface area contributed by atoms with Crippen LogP contribution in [0.5, 0.6) is 0 Å². The molecule has 2 rings (SSSR count). The van der Waals surface area contributed by atoms with Crippen molar-refractivity contribution >= 4 is 29.3 Å². The normalized spacial score (nSPS) is 29.3. The lowest BCUT2D eigenvalue weighted by molar-refractivity contribution is -0.106. The van der Waals surface area contributed by atoms with E-state index in [0.717, 1.165) is 4.57 Å². The van der Waals surface area contributed by atoms with Crippen LogP contribution in [0.3, 0.4) is 0 Å². The molecule has 0 spiro atoms. The van der Waals surface area contributed by atoms with Crippen molar-refractivity contribution in [2.24, 2.45) is 0 Å². The molecule has 0 aromatic carbocycles. The third-order valence-corrected chi connectivity index (χ3v) is 7.38. The molecule has 0 radical (unpaired) electrons. The second kappa shape index (κ2) is 8.27. The molecule has 0 amide bonds. The molecule has 1 saturated heterocycles. The van der Waals surface area contributed by atoms with E-state index in [4.69, 9.17) is 25.2 Å². The standard InChI is InChI=1S/C10H18N3O13P3/c1-10(13-3-2-8(11)12-9(13)15)4-6(14)7(24-10)5-23-28(19,20)26-29(21,22)25-27(16,17)18/h2-3,6-7,14H,4-5H2,1H3,(H,19,20)(H,21,22)(H2,11,12,15)(H2,16,17,18)/t6-,7+,10+/m0/s1. The number of nitrogens with two attached hydrogens (primary N) is 1. The van der Waals surface area contributed by atoms with E-state index in [9.17, 15) is 28.5 Å². The van der Waals surface area contributed by atoms with Crippen LogP contribution in [0, 0.1) is 0 Å². The number of phosphoric ester groups is 1. The molecule has 29 heavy (non-hydrogen) atoms. The predicted molar refractivity (Wildman–Crippen MR) is 91.9 cm³/mol. The summed E-state index contributed by atoms with van der Waals surface area (Å²) in [5.74, 6) is -0.0439. The van der Waals surface area contributed by atoms with Gasteiger partial charge in [-0.15, -0.1) is 0 Å². The number of aliphatic hydroxyl groups is 1. The minimum absolute atomic E-state index is 0.0439. The van der Waals surface area contributed by atoms with Crippen LogP contribution in [-0.2, 0) is 37.3 Å². The van der Waals surface area contributed by atoms with Crippen molar-refractivity contribution in [2.45, 2.75) is 31.3 Å². The van der Waals surface area contributed by atoms with Crippen LogP contribution in [0.4, 0.5) is 5.82 Å². The fourth-order valence-corrected chi connectivity index (χ4v) is 5.55. The number of hydrogen-bond acceptors (Lipinski definition) is 11. The molecule has 1 aromatic rings. The highest BCUT2D eigenvalue weighted by atomic mass is 31.3. The van der Waals surface area contributed by atoms with Crippen LogP contribution in [0.25, 0.3) is 0 Å². The molecule has 1 aliphatic heterocycles. The Labute approximate surface area is 162 Å². The van der Waals surface area contributed by atoms with E-state index in [1.807, 2.05) is 0 Å². The highest BCUT2D eigenvalue weighted by Crippen LogP contribution is 2.66. The molecule has 0 saturated carbocycles. The minimum atomic E-state index is -5.67. The molecule has 2 unspecified atom stereocenters. The molecule has 1 aliphatic rings. The highest BCUT2D eigenvalue weighted by molar-refractivity contribution is 7.66. The maximum absolute atomic E-state index is 12.0. The largest absolute Gasteiger partial charge is 0.490 e. The van der Waals surface area contributed by atoms with Gasteiger partial charge in [-0.25, -0.2) is 18.5 Å². The minimum Gasteiger partial charge on any atom is -0.390 e. The van der Waals surface area contributed by atoms with Crippen molar-refractivity contribution in [3.05, 3.63) is 22.7 Å². The number of ether oxygens (including phenoxy) is 1. The van der Waals surface area contributed by atoms with E-state index < -0.39 is 53.7 Å². The smallest absolute Gasteiger partial charge is 0.390 e. The molecule has 0 bridgehead atoms. The molecule has 7 N–H and O–H groups in total. The van der Waals surface area contributed by atoms with E-state index in [-0.39, 0.29) is 12.2 Å². The molecule has 16 nitrogen and oxygen atoms in total. The maximum Gasteiger partial charge on any atom is 0.490 e. The Morgan fingerprint density at radius 1 is 1.28 bits per heavy atom. The lowest BCUT2D eigenvalue weighted by atomic mass is 10.1. The maximum atomic E-state index is 12.0. The highest BCUT2D eigenvalue weighted by Gasteiger charge is 2.47. The van der Waals surface area contributed by atoms with Gasteiger partial charge in [-0.2, -0.15) is 13.6 Å². The van der Waals surface area contributed by atoms with Crippen LogP contribution in [0.2, 0.25) is 0 Å². The molecule has 0 aliphatic carbocycles. The Kier molecular flexibility index (Phi) is 6.92. The third kappa shape index (κ3) is 6.76. The first kappa shape index (κ1) is 24.3. The first-order valence-corrected chi connectivity index (χ1v) is 12.0. The summed E-state index contributed by atoms with van der Waals surface area (Å²) in [6, 6.07) is 1.31. The number of aromatic nitrogens is 2. The first-order valence-electron chi connectivity index (χ1n) is 7.52. The van der Waals surface area contributed by atoms with Gasteiger partial charge in [0.05, 0.1) is 12.7 Å². The van der Waals surface area contributed by atoms with Crippen molar-refractivity contribution < 1.29 is 56.3 Å². The third-order valence-electron chi connectivity index (χ3n) is 3.57. The molecule has 166 valence electrons. The number of aliphatic hydroxyl groups excluding tert-OH is 1. The summed E-state index contributed by atoms with van der Waals surface area (Å²) in [6.45, 7) is 0.553. The van der Waals surface area contributed by atoms with Gasteiger partial charge < -0.3 is 35.2 Å². The number of hydrogen-bond donors (Lipinski definition) is 6. The lowest BCUT2D eigenvalue weighted by Crippen LogP contribution is -2.40. The van der Waals surface area contributed by atoms with Gasteiger partial charge in [-0.3, -0.25) is 9.09 Å². The summed E-state index contributed by atoms with van der Waals surface area (Å²) < 4.78 is 51.7. The van der Waals surface area contributed by atoms with Crippen molar-refractivity contribution in [3.63, 3.8) is 0 Å². The first-order chi connectivity index (χ1) is 13.0. The van der Waals surface area contributed by atoms with Gasteiger partial charge in [-0.1, -0.05) is 0 Å². The van der Waals surface area contributed by atoms with E-state index in [1.54, 1.807) is 0 Å². The van der Waals surface area contributed by atoms with Gasteiger partial charge in [0.15, 0.2) is 0 Å². The second-order valence-electron chi connectivity index (χ2n) is 5.99. The van der Waals surface area contributed by atoms with Crippen LogP contribution < -0.4 is 11.4 Å². The monoisotopic (exact) mass is 481 g/mol. The van der Waals surface area contributed by atoms with Gasteiger partial charge in [0, 0.05) is 12.6 Å². The lowest BCUT2D eigenvalue weighted by Gasteiger charge is -2.26. The number of nitrogen functional groups attached to an aromatic ring is 1. The predicted octanol–water partition coefficient (Wildman–Crippen LogP) is -1.01. The summed E-state index contributed by atoms with van der Waals surface area (Å²) in [5, 5.41) is 10.1. The van der Waals surface area contributed by atoms with Gasteiger partial charge in [0.2, 0.25) is 0 Å². The van der Waals surface area contributed by atoms with Crippen LogP contribution in [0.15, 0.2) is 17.1 Å². The van der Waals surface area contributed by atoms with Crippen LogP contribution in [-0.4, -0.2) is 53.0 Å². The Hall–Kier alpha value is -0.990. The molecular formula is C10H18N3O13P3. The number of anilines is 1. The Bertz CT molecular complexity index is 962. The van der Waals surface area contributed by atoms with Crippen molar-refractivity contribution in [3.8, 4) is 0 Å². The van der Waals surface area contributed by atoms with E-state index in [1.165, 1.54) is 19.2 Å². The summed E-state index contributed by atoms with van der Waals surface area (Å²) in [5.41, 5.74) is 3.19. The van der Waals surface area contributed by atoms with E-state index >= 15 is 0 Å². The average Bonchev–Trinajstić information content (AvgIpc) is 2.76. The Morgan fingerprint density at radius 2 is 1.90 bits per heavy atom. The molecule has 1 aromatic heterocycles. The number of rotatable bonds is 8. The quantitative estimate of drug-likeness (QED) is 0.243. The van der Waals surface area contributed by atoms with Crippen molar-refractivity contribution in [1.82, 2.24) is 9.55 Å². The second-order valence-corrected chi connectivity index (χ2v) is 10.4. The van der Waals surface area contributed by atoms with Gasteiger partial charge in [0.1, 0.15) is 17.6 Å². The van der Waals surface area contributed by atoms with Crippen LogP contribution >= 0.6 is 23.5 Å². The van der Waals surface area contributed by atoms with E-state index in [0.29, 0.717) is 0 Å². The molecule has 2 heterocycles. The molecule has 19 heteroatoms. The fourth-order valence-electron chi connectivity index (χ4n) is 2.52. The zero-order chi connectivity index (χ0) is 22.3. The Morgan fingerprint density at radius 3 is 2.45 bits per heavy atom. The number of nitrogens with zero attached hydrogens (tertiary/aromatic N) is 2. The zero-order valence-electron chi connectivity index (χ0n) is 14.5. The zero-order valence-corrected chi connectivity index (χ0v) is 17.2. The van der Waals surface area contributed by atoms with Gasteiger partial charge >= 0.3 is 29.2 Å². The summed E-state index contributed by atoms with van der Waals surface area (Å²) in [4.78, 5) is 50.9. The SMILES string of the molecule is C[C@]1(n2ccc(N)nc2=O)C[C@H](O)[C@@H](COP(=O)(O)OP(=O)(O)OP(=O)(O)O)O1. The summed E-state index contributed by atoms with van der Waals surface area (Å²) in [6.07, 6.45) is -1.50. The number of phosphoric acid groups is 3. The fraction of sp³-hybridized carbons (Fsp3) is 0.600. The van der Waals surface area contributed by atoms with Crippen LogP contribution in [0.1, 0.15) is 13.3 Å². The molecule has 5 atom stereocenters. The van der Waals surface area contributed by atoms with Gasteiger partial charge in [0.25, 0.3) is 0 Å². The summed E-state index contributed by atoms with van der Waals surface area (Å²) >= 11 is 0. The van der Waals surface area contributed by atoms with Crippen molar-refractivity contribution in [1.29, 1.82) is 0 Å². The van der Waals surface area contributed by atoms with E-state index in [2.05, 4.69) is 18.1 Å². The van der Waals surface area contributed by atoms with Gasteiger partial charge in [-0.05, 0) is 13.0 Å². The van der Waals surface area contributed by atoms with Crippen molar-refractivity contribution in [2.75, 3.05) is 12.3 Å². The molecular weight excluding hydrogens is 463 g/mol. The Balaban J connectivity index is 2.05. The summed E-state index contributed by atoms with van der Waals surface area (Å²) in [7, 11) is -16.6. The molecule has 1 fully saturated rings. The topological polar surface area (TPSA) is 250 Å². The average molecular weight is 481 g/mol.